The zero-order valence-electron chi connectivity index (χ0n) is 14.2. The first-order chi connectivity index (χ1) is 10.3. The summed E-state index contributed by atoms with van der Waals surface area (Å²) in [7, 11) is -3.28. The number of carboxylic acids is 1. The molecule has 2 N–H and O–H groups in total. The Balaban J connectivity index is 2.80. The first-order valence-electron chi connectivity index (χ1n) is 7.71. The van der Waals surface area contributed by atoms with Gasteiger partial charge < -0.3 is 15.2 Å². The lowest BCUT2D eigenvalue weighted by Crippen LogP contribution is -2.45. The first kappa shape index (κ1) is 19.7. The van der Waals surface area contributed by atoms with Gasteiger partial charge in [0.1, 0.15) is 15.4 Å². The summed E-state index contributed by atoms with van der Waals surface area (Å²) in [5, 5.41) is 12.1. The van der Waals surface area contributed by atoms with E-state index in [2.05, 4.69) is 5.32 Å². The second-order valence-corrected chi connectivity index (χ2v) is 9.73. The van der Waals surface area contributed by atoms with E-state index in [1.807, 2.05) is 0 Å². The summed E-state index contributed by atoms with van der Waals surface area (Å²) in [5.74, 6) is -1.02. The van der Waals surface area contributed by atoms with Crippen molar-refractivity contribution >= 4 is 21.9 Å². The van der Waals surface area contributed by atoms with Gasteiger partial charge in [-0.2, -0.15) is 0 Å². The SMILES string of the molecule is CC(C)(C)OC(=O)NCC(CCS(C)(=O)=O)(CC1CC1)C(=O)O. The van der Waals surface area contributed by atoms with Crippen LogP contribution in [0, 0.1) is 11.3 Å². The molecular formula is C15H27NO6S. The number of carboxylic acid groups (broad SMARTS) is 1. The molecule has 8 heteroatoms. The number of sulfone groups is 1. The normalized spacial score (nSPS) is 18.1. The second-order valence-electron chi connectivity index (χ2n) is 7.47. The summed E-state index contributed by atoms with van der Waals surface area (Å²) in [4.78, 5) is 23.6. The zero-order chi connectivity index (χ0) is 17.9. The Morgan fingerprint density at radius 3 is 2.22 bits per heavy atom. The summed E-state index contributed by atoms with van der Waals surface area (Å²) < 4.78 is 28.0. The maximum atomic E-state index is 11.8. The lowest BCUT2D eigenvalue weighted by Gasteiger charge is -2.30. The molecule has 1 saturated carbocycles. The molecule has 1 rings (SSSR count). The van der Waals surface area contributed by atoms with Crippen LogP contribution in [0.4, 0.5) is 4.79 Å². The van der Waals surface area contributed by atoms with E-state index < -0.39 is 32.9 Å². The Kier molecular flexibility index (Phi) is 6.06. The van der Waals surface area contributed by atoms with E-state index in [4.69, 9.17) is 4.74 Å². The predicted molar refractivity (Wildman–Crippen MR) is 86.0 cm³/mol. The maximum absolute atomic E-state index is 11.8. The minimum Gasteiger partial charge on any atom is -0.481 e. The van der Waals surface area contributed by atoms with Crippen molar-refractivity contribution in [2.75, 3.05) is 18.6 Å². The highest BCUT2D eigenvalue weighted by Crippen LogP contribution is 2.42. The molecule has 1 atom stereocenters. The number of carbonyl (C=O) groups excluding carboxylic acids is 1. The van der Waals surface area contributed by atoms with Crippen LogP contribution in [0.2, 0.25) is 0 Å². The summed E-state index contributed by atoms with van der Waals surface area (Å²) in [5.41, 5.74) is -1.96. The van der Waals surface area contributed by atoms with Crippen LogP contribution in [-0.2, 0) is 19.4 Å². The van der Waals surface area contributed by atoms with Gasteiger partial charge in [-0.25, -0.2) is 13.2 Å². The minimum absolute atomic E-state index is 0.0204. The zero-order valence-corrected chi connectivity index (χ0v) is 15.0. The molecule has 1 aliphatic carbocycles. The molecule has 0 aromatic heterocycles. The number of hydrogen-bond donors (Lipinski definition) is 2. The van der Waals surface area contributed by atoms with Gasteiger partial charge in [0, 0.05) is 12.8 Å². The topological polar surface area (TPSA) is 110 Å². The Morgan fingerprint density at radius 2 is 1.83 bits per heavy atom. The van der Waals surface area contributed by atoms with Gasteiger partial charge in [0.15, 0.2) is 0 Å². The van der Waals surface area contributed by atoms with Crippen molar-refractivity contribution in [2.45, 2.75) is 52.1 Å². The third kappa shape index (κ3) is 7.67. The summed E-state index contributed by atoms with van der Waals surface area (Å²) in [6.45, 7) is 5.00. The van der Waals surface area contributed by atoms with Crippen molar-refractivity contribution in [2.24, 2.45) is 11.3 Å². The van der Waals surface area contributed by atoms with Crippen LogP contribution in [0.1, 0.15) is 46.5 Å². The number of alkyl carbamates (subject to hydrolysis) is 1. The quantitative estimate of drug-likeness (QED) is 0.691. The fraction of sp³-hybridized carbons (Fsp3) is 0.867. The van der Waals surface area contributed by atoms with Crippen molar-refractivity contribution in [1.82, 2.24) is 5.32 Å². The van der Waals surface area contributed by atoms with Gasteiger partial charge in [0.05, 0.1) is 11.2 Å². The Hall–Kier alpha value is -1.31. The number of aliphatic carboxylic acids is 1. The molecule has 0 heterocycles. The Labute approximate surface area is 137 Å². The largest absolute Gasteiger partial charge is 0.481 e. The van der Waals surface area contributed by atoms with Gasteiger partial charge >= 0.3 is 12.1 Å². The summed E-state index contributed by atoms with van der Waals surface area (Å²) in [6.07, 6.45) is 2.62. The number of rotatable bonds is 8. The van der Waals surface area contributed by atoms with E-state index in [0.717, 1.165) is 19.1 Å². The van der Waals surface area contributed by atoms with Crippen LogP contribution < -0.4 is 5.32 Å². The van der Waals surface area contributed by atoms with Crippen LogP contribution in [0.15, 0.2) is 0 Å². The molecule has 0 spiro atoms. The van der Waals surface area contributed by atoms with Crippen LogP contribution in [0.5, 0.6) is 0 Å². The van der Waals surface area contributed by atoms with Crippen LogP contribution in [-0.4, -0.2) is 49.7 Å². The third-order valence-electron chi connectivity index (χ3n) is 3.75. The number of carbonyl (C=O) groups is 2. The molecular weight excluding hydrogens is 322 g/mol. The molecule has 0 radical (unpaired) electrons. The number of amides is 1. The Bertz CT molecular complexity index is 547. The minimum atomic E-state index is -3.28. The number of nitrogens with one attached hydrogen (secondary N) is 1. The third-order valence-corrected chi connectivity index (χ3v) is 4.70. The van der Waals surface area contributed by atoms with E-state index >= 15 is 0 Å². The smallest absolute Gasteiger partial charge is 0.407 e. The van der Waals surface area contributed by atoms with Crippen LogP contribution in [0.3, 0.4) is 0 Å². The van der Waals surface area contributed by atoms with Gasteiger partial charge in [0.25, 0.3) is 0 Å². The molecule has 23 heavy (non-hydrogen) atoms. The van der Waals surface area contributed by atoms with Gasteiger partial charge in [-0.1, -0.05) is 12.8 Å². The van der Waals surface area contributed by atoms with Gasteiger partial charge in [0.2, 0.25) is 0 Å². The van der Waals surface area contributed by atoms with Crippen molar-refractivity contribution in [3.8, 4) is 0 Å². The first-order valence-corrected chi connectivity index (χ1v) is 9.77. The van der Waals surface area contributed by atoms with E-state index in [1.165, 1.54) is 0 Å². The lowest BCUT2D eigenvalue weighted by atomic mass is 9.79. The molecule has 1 amide bonds. The van der Waals surface area contributed by atoms with Crippen molar-refractivity contribution < 1.29 is 27.9 Å². The highest BCUT2D eigenvalue weighted by molar-refractivity contribution is 7.90. The van der Waals surface area contributed by atoms with Crippen molar-refractivity contribution in [3.63, 3.8) is 0 Å². The van der Waals surface area contributed by atoms with E-state index in [-0.39, 0.29) is 24.6 Å². The van der Waals surface area contributed by atoms with E-state index in [9.17, 15) is 23.1 Å². The highest BCUT2D eigenvalue weighted by Gasteiger charge is 2.44. The molecule has 1 fully saturated rings. The van der Waals surface area contributed by atoms with E-state index in [1.54, 1.807) is 20.8 Å². The average Bonchev–Trinajstić information content (AvgIpc) is 3.13. The monoisotopic (exact) mass is 349 g/mol. The molecule has 7 nitrogen and oxygen atoms in total. The van der Waals surface area contributed by atoms with Gasteiger partial charge in [-0.15, -0.1) is 0 Å². The molecule has 134 valence electrons. The van der Waals surface area contributed by atoms with Gasteiger partial charge in [-0.05, 0) is 39.5 Å². The summed E-state index contributed by atoms with van der Waals surface area (Å²) >= 11 is 0. The van der Waals surface area contributed by atoms with Crippen LogP contribution >= 0.6 is 0 Å². The second kappa shape index (κ2) is 7.07. The summed E-state index contributed by atoms with van der Waals surface area (Å²) in [6, 6.07) is 0. The van der Waals surface area contributed by atoms with Crippen molar-refractivity contribution in [3.05, 3.63) is 0 Å². The molecule has 0 bridgehead atoms. The fourth-order valence-electron chi connectivity index (χ4n) is 2.34. The molecule has 0 aliphatic heterocycles. The van der Waals surface area contributed by atoms with E-state index in [0.29, 0.717) is 6.42 Å². The lowest BCUT2D eigenvalue weighted by molar-refractivity contribution is -0.149. The Morgan fingerprint density at radius 1 is 1.26 bits per heavy atom. The highest BCUT2D eigenvalue weighted by atomic mass is 32.2. The molecule has 0 saturated heterocycles. The maximum Gasteiger partial charge on any atom is 0.407 e. The standard InChI is InChI=1S/C15H27NO6S/c1-14(2,3)22-13(19)16-10-15(12(17)18,9-11-5-6-11)7-8-23(4,20)21/h11H,5-10H2,1-4H3,(H,16,19)(H,17,18). The predicted octanol–water partition coefficient (Wildman–Crippen LogP) is 1.82. The molecule has 1 aliphatic rings. The average molecular weight is 349 g/mol. The van der Waals surface area contributed by atoms with Crippen molar-refractivity contribution in [1.29, 1.82) is 0 Å². The van der Waals surface area contributed by atoms with Crippen LogP contribution in [0.25, 0.3) is 0 Å². The molecule has 0 aromatic carbocycles. The number of hydrogen-bond acceptors (Lipinski definition) is 5. The number of ether oxygens (including phenoxy) is 1. The van der Waals surface area contributed by atoms with Gasteiger partial charge in [-0.3, -0.25) is 4.79 Å². The molecule has 0 aromatic rings. The molecule has 1 unspecified atom stereocenters. The fourth-order valence-corrected chi connectivity index (χ4v) is 3.10.